The second kappa shape index (κ2) is 13.4. The normalized spacial score (nSPS) is 25.2. The van der Waals surface area contributed by atoms with Crippen molar-refractivity contribution in [1.82, 2.24) is 18.6 Å². The van der Waals surface area contributed by atoms with Crippen LogP contribution in [0.3, 0.4) is 0 Å². The molecule has 1 aliphatic heterocycles. The molecule has 1 aromatic rings. The van der Waals surface area contributed by atoms with Crippen molar-refractivity contribution >= 4 is 23.1 Å². The SMILES string of the molecule is CC(C)SNCC(C)C1CCC(c2ccc(CCNS(=O)N3CCN(C)CC3)cc2)CC1. The molecule has 1 saturated heterocycles. The molecule has 1 aromatic carbocycles. The topological polar surface area (TPSA) is 47.6 Å². The first-order chi connectivity index (χ1) is 15.4. The molecule has 0 radical (unpaired) electrons. The van der Waals surface area contributed by atoms with Gasteiger partial charge >= 0.3 is 0 Å². The average molecular weight is 481 g/mol. The van der Waals surface area contributed by atoms with Crippen LogP contribution in [0, 0.1) is 11.8 Å². The highest BCUT2D eigenvalue weighted by atomic mass is 32.2. The summed E-state index contributed by atoms with van der Waals surface area (Å²) in [6, 6.07) is 9.22. The third kappa shape index (κ3) is 8.41. The van der Waals surface area contributed by atoms with Gasteiger partial charge in [0.05, 0.1) is 0 Å². The number of hydrogen-bond acceptors (Lipinski definition) is 4. The van der Waals surface area contributed by atoms with E-state index in [0.717, 1.165) is 57.5 Å². The number of likely N-dealkylation sites (N-methyl/N-ethyl adjacent to an activating group) is 1. The van der Waals surface area contributed by atoms with Gasteiger partial charge in [0.15, 0.2) is 11.2 Å². The van der Waals surface area contributed by atoms with Crippen LogP contribution in [-0.2, 0) is 17.6 Å². The Morgan fingerprint density at radius 2 is 1.69 bits per heavy atom. The van der Waals surface area contributed by atoms with E-state index in [1.54, 1.807) is 0 Å². The Morgan fingerprint density at radius 1 is 1.03 bits per heavy atom. The first-order valence-electron chi connectivity index (χ1n) is 12.5. The Hall–Kier alpha value is -0.440. The molecule has 1 aliphatic carbocycles. The zero-order valence-corrected chi connectivity index (χ0v) is 22.1. The lowest BCUT2D eigenvalue weighted by Gasteiger charge is -2.32. The molecule has 32 heavy (non-hydrogen) atoms. The second-order valence-electron chi connectivity index (χ2n) is 9.97. The molecule has 182 valence electrons. The van der Waals surface area contributed by atoms with Crippen molar-refractivity contribution in [2.45, 2.75) is 64.0 Å². The highest BCUT2D eigenvalue weighted by Crippen LogP contribution is 2.38. The van der Waals surface area contributed by atoms with Crippen molar-refractivity contribution in [3.05, 3.63) is 35.4 Å². The Bertz CT molecular complexity index is 684. The van der Waals surface area contributed by atoms with Crippen LogP contribution in [0.25, 0.3) is 0 Å². The molecule has 0 aromatic heterocycles. The summed E-state index contributed by atoms with van der Waals surface area (Å²) in [5.74, 6) is 2.33. The zero-order chi connectivity index (χ0) is 22.9. The molecule has 0 amide bonds. The first kappa shape index (κ1) is 26.2. The van der Waals surface area contributed by atoms with Crippen molar-refractivity contribution in [1.29, 1.82) is 0 Å². The maximum absolute atomic E-state index is 12.4. The molecule has 2 aliphatic rings. The zero-order valence-electron chi connectivity index (χ0n) is 20.5. The number of benzene rings is 1. The quantitative estimate of drug-likeness (QED) is 0.466. The fraction of sp³-hybridized carbons (Fsp3) is 0.760. The van der Waals surface area contributed by atoms with Gasteiger partial charge in [0, 0.05) is 44.5 Å². The lowest BCUT2D eigenvalue weighted by Crippen LogP contribution is -2.48. The molecule has 1 saturated carbocycles. The second-order valence-corrected chi connectivity index (χ2v) is 12.7. The van der Waals surface area contributed by atoms with E-state index in [1.165, 1.54) is 36.8 Å². The third-order valence-corrected chi connectivity index (χ3v) is 9.18. The molecule has 2 fully saturated rings. The third-order valence-electron chi connectivity index (χ3n) is 7.09. The highest BCUT2D eigenvalue weighted by molar-refractivity contribution is 7.97. The molecule has 3 rings (SSSR count). The van der Waals surface area contributed by atoms with Gasteiger partial charge in [-0.25, -0.2) is 13.2 Å². The molecular formula is C25H44N4OS2. The summed E-state index contributed by atoms with van der Waals surface area (Å²) >= 11 is 0.796. The molecule has 2 N–H and O–H groups in total. The van der Waals surface area contributed by atoms with Crippen molar-refractivity contribution in [2.75, 3.05) is 46.3 Å². The smallest absolute Gasteiger partial charge is 0.170 e. The van der Waals surface area contributed by atoms with Crippen molar-refractivity contribution < 1.29 is 4.21 Å². The van der Waals surface area contributed by atoms with Crippen LogP contribution in [0.1, 0.15) is 63.5 Å². The minimum atomic E-state index is -1.06. The van der Waals surface area contributed by atoms with E-state index >= 15 is 0 Å². The molecular weight excluding hydrogens is 436 g/mol. The van der Waals surface area contributed by atoms with Gasteiger partial charge in [-0.3, -0.25) is 4.72 Å². The van der Waals surface area contributed by atoms with E-state index in [2.05, 4.69) is 66.4 Å². The predicted octanol–water partition coefficient (Wildman–Crippen LogP) is 4.20. The number of piperazine rings is 1. The first-order valence-corrected chi connectivity index (χ1v) is 14.5. The van der Waals surface area contributed by atoms with Gasteiger partial charge in [0.1, 0.15) is 0 Å². The number of nitrogens with zero attached hydrogens (tertiary/aromatic N) is 2. The molecule has 2 unspecified atom stereocenters. The van der Waals surface area contributed by atoms with Gasteiger partial charge in [-0.05, 0) is 68.0 Å². The number of rotatable bonds is 11. The summed E-state index contributed by atoms with van der Waals surface area (Å²) < 4.78 is 21.2. The summed E-state index contributed by atoms with van der Waals surface area (Å²) in [6.07, 6.45) is 6.26. The molecule has 0 bridgehead atoms. The van der Waals surface area contributed by atoms with Gasteiger partial charge in [-0.15, -0.1) is 0 Å². The Labute approximate surface area is 203 Å². The monoisotopic (exact) mass is 480 g/mol. The summed E-state index contributed by atoms with van der Waals surface area (Å²) in [5, 5.41) is 0.649. The minimum absolute atomic E-state index is 0.649. The molecule has 1 heterocycles. The van der Waals surface area contributed by atoms with Crippen LogP contribution in [0.5, 0.6) is 0 Å². The Balaban J connectivity index is 1.35. The van der Waals surface area contributed by atoms with Gasteiger partial charge < -0.3 is 4.90 Å². The van der Waals surface area contributed by atoms with Crippen LogP contribution in [0.4, 0.5) is 0 Å². The van der Waals surface area contributed by atoms with Crippen LogP contribution in [-0.4, -0.2) is 65.0 Å². The highest BCUT2D eigenvalue weighted by Gasteiger charge is 2.26. The van der Waals surface area contributed by atoms with E-state index in [-0.39, 0.29) is 0 Å². The van der Waals surface area contributed by atoms with Crippen LogP contribution in [0.15, 0.2) is 24.3 Å². The predicted molar refractivity (Wildman–Crippen MR) is 140 cm³/mol. The molecule has 2 atom stereocenters. The number of hydrogen-bond donors (Lipinski definition) is 2. The Kier molecular flexibility index (Phi) is 11.0. The lowest BCUT2D eigenvalue weighted by atomic mass is 9.74. The molecule has 7 heteroatoms. The van der Waals surface area contributed by atoms with Crippen LogP contribution in [0.2, 0.25) is 0 Å². The van der Waals surface area contributed by atoms with E-state index in [9.17, 15) is 4.21 Å². The summed E-state index contributed by atoms with van der Waals surface area (Å²) in [7, 11) is 2.12. The maximum atomic E-state index is 12.4. The summed E-state index contributed by atoms with van der Waals surface area (Å²) in [4.78, 5) is 2.28. The van der Waals surface area contributed by atoms with Crippen molar-refractivity contribution in [3.63, 3.8) is 0 Å². The van der Waals surface area contributed by atoms with Gasteiger partial charge in [0.2, 0.25) is 0 Å². The van der Waals surface area contributed by atoms with Crippen LogP contribution < -0.4 is 9.44 Å². The van der Waals surface area contributed by atoms with Crippen molar-refractivity contribution in [2.24, 2.45) is 11.8 Å². The van der Waals surface area contributed by atoms with Crippen LogP contribution >= 0.6 is 11.9 Å². The maximum Gasteiger partial charge on any atom is 0.170 e. The van der Waals surface area contributed by atoms with Gasteiger partial charge in [0.25, 0.3) is 0 Å². The summed E-state index contributed by atoms with van der Waals surface area (Å²) in [6.45, 7) is 12.5. The molecule has 5 nitrogen and oxygen atoms in total. The van der Waals surface area contributed by atoms with E-state index in [1.807, 2.05) is 16.3 Å². The Morgan fingerprint density at radius 3 is 2.31 bits per heavy atom. The minimum Gasteiger partial charge on any atom is -0.304 e. The fourth-order valence-corrected chi connectivity index (χ4v) is 6.47. The van der Waals surface area contributed by atoms with E-state index in [0.29, 0.717) is 11.2 Å². The van der Waals surface area contributed by atoms with E-state index < -0.39 is 11.2 Å². The van der Waals surface area contributed by atoms with Gasteiger partial charge in [-0.1, -0.05) is 57.0 Å². The standard InChI is InChI=1S/C25H44N4OS2/c1-20(2)31-26-19-21(3)23-9-11-25(12-10-23)24-7-5-22(6-8-24)13-14-27-32(30)29-17-15-28(4)16-18-29/h5-8,20-21,23,25-27H,9-19H2,1-4H3. The van der Waals surface area contributed by atoms with Crippen molar-refractivity contribution in [3.8, 4) is 0 Å². The lowest BCUT2D eigenvalue weighted by molar-refractivity contribution is 0.227. The fourth-order valence-electron chi connectivity index (χ4n) is 4.82. The molecule has 0 spiro atoms. The van der Waals surface area contributed by atoms with Gasteiger partial charge in [-0.2, -0.15) is 0 Å². The largest absolute Gasteiger partial charge is 0.304 e. The average Bonchev–Trinajstić information content (AvgIpc) is 2.80. The number of nitrogens with one attached hydrogen (secondary N) is 2. The summed E-state index contributed by atoms with van der Waals surface area (Å²) in [5.41, 5.74) is 2.83. The van der Waals surface area contributed by atoms with E-state index in [4.69, 9.17) is 0 Å².